The van der Waals surface area contributed by atoms with Crippen LogP contribution in [0.4, 0.5) is 0 Å². The Morgan fingerprint density at radius 3 is 2.32 bits per heavy atom. The summed E-state index contributed by atoms with van der Waals surface area (Å²) in [6.45, 7) is 0. The zero-order chi connectivity index (χ0) is 17.7. The Hall–Kier alpha value is -2.15. The molecule has 0 radical (unpaired) electrons. The van der Waals surface area contributed by atoms with E-state index in [9.17, 15) is 14.7 Å². The first-order valence-corrected chi connectivity index (χ1v) is 8.97. The monoisotopic (exact) mass is 404 g/mol. The highest BCUT2D eigenvalue weighted by Gasteiger charge is 2.56. The number of imide groups is 1. The van der Waals surface area contributed by atoms with Crippen molar-refractivity contribution in [3.8, 4) is 11.5 Å². The van der Waals surface area contributed by atoms with Crippen LogP contribution in [-0.2, 0) is 9.59 Å². The van der Waals surface area contributed by atoms with Crippen LogP contribution in [0.3, 0.4) is 0 Å². The Morgan fingerprint density at radius 1 is 1.20 bits per heavy atom. The number of hydrazone groups is 1. The van der Waals surface area contributed by atoms with Crippen molar-refractivity contribution in [1.29, 1.82) is 0 Å². The van der Waals surface area contributed by atoms with E-state index >= 15 is 0 Å². The summed E-state index contributed by atoms with van der Waals surface area (Å²) >= 11 is 3.24. The van der Waals surface area contributed by atoms with Crippen molar-refractivity contribution < 1.29 is 19.4 Å². The molecule has 3 aliphatic carbocycles. The van der Waals surface area contributed by atoms with E-state index in [1.54, 1.807) is 12.1 Å². The van der Waals surface area contributed by atoms with Gasteiger partial charge in [-0.15, -0.1) is 0 Å². The van der Waals surface area contributed by atoms with Gasteiger partial charge < -0.3 is 9.84 Å². The lowest BCUT2D eigenvalue weighted by Crippen LogP contribution is -2.38. The summed E-state index contributed by atoms with van der Waals surface area (Å²) in [7, 11) is 1.51. The number of hydrogen-bond acceptors (Lipinski definition) is 5. The number of methoxy groups -OCH3 is 1. The first-order chi connectivity index (χ1) is 12.0. The average molecular weight is 405 g/mol. The van der Waals surface area contributed by atoms with E-state index in [4.69, 9.17) is 4.74 Å². The fourth-order valence-corrected chi connectivity index (χ4v) is 4.56. The van der Waals surface area contributed by atoms with Crippen LogP contribution in [0, 0.1) is 23.7 Å². The summed E-state index contributed by atoms with van der Waals surface area (Å²) in [6.07, 6.45) is 7.35. The molecular weight excluding hydrogens is 388 g/mol. The van der Waals surface area contributed by atoms with Gasteiger partial charge in [-0.3, -0.25) is 9.59 Å². The quantitative estimate of drug-likeness (QED) is 0.477. The van der Waals surface area contributed by atoms with E-state index in [1.165, 1.54) is 13.3 Å². The molecule has 2 fully saturated rings. The number of carbonyl (C=O) groups is 2. The zero-order valence-corrected chi connectivity index (χ0v) is 15.1. The first-order valence-electron chi connectivity index (χ1n) is 8.18. The van der Waals surface area contributed by atoms with Gasteiger partial charge in [-0.2, -0.15) is 10.1 Å². The smallest absolute Gasteiger partial charge is 0.254 e. The van der Waals surface area contributed by atoms with Crippen LogP contribution < -0.4 is 4.74 Å². The van der Waals surface area contributed by atoms with Gasteiger partial charge in [-0.1, -0.05) is 12.2 Å². The van der Waals surface area contributed by atoms with Crippen LogP contribution in [0.15, 0.2) is 33.9 Å². The molecule has 4 aliphatic rings. The van der Waals surface area contributed by atoms with Crippen LogP contribution >= 0.6 is 15.9 Å². The minimum Gasteiger partial charge on any atom is -0.506 e. The summed E-state index contributed by atoms with van der Waals surface area (Å²) < 4.78 is 5.61. The van der Waals surface area contributed by atoms with E-state index in [0.717, 1.165) is 17.9 Å². The number of nitrogens with zero attached hydrogens (tertiary/aromatic N) is 2. The van der Waals surface area contributed by atoms with Crippen molar-refractivity contribution in [3.63, 3.8) is 0 Å². The third kappa shape index (κ3) is 2.49. The lowest BCUT2D eigenvalue weighted by Gasteiger charge is -2.37. The number of carbonyl (C=O) groups excluding carboxylic acids is 2. The number of aromatic hydroxyl groups is 1. The Labute approximate surface area is 153 Å². The summed E-state index contributed by atoms with van der Waals surface area (Å²) in [5.41, 5.74) is 0.364. The molecule has 4 atom stereocenters. The highest BCUT2D eigenvalue weighted by Crippen LogP contribution is 2.49. The number of ether oxygens (including phenoxy) is 1. The van der Waals surface area contributed by atoms with Crippen LogP contribution in [0.25, 0.3) is 0 Å². The summed E-state index contributed by atoms with van der Waals surface area (Å²) in [5.74, 6) is -0.308. The molecule has 1 saturated carbocycles. The third-order valence-corrected chi connectivity index (χ3v) is 5.95. The normalized spacial score (nSPS) is 30.4. The number of phenols is 1. The van der Waals surface area contributed by atoms with Crippen molar-refractivity contribution in [1.82, 2.24) is 5.01 Å². The van der Waals surface area contributed by atoms with Crippen molar-refractivity contribution in [3.05, 3.63) is 34.3 Å². The lowest BCUT2D eigenvalue weighted by atomic mass is 9.63. The molecule has 1 saturated heterocycles. The van der Waals surface area contributed by atoms with Crippen LogP contribution in [0.1, 0.15) is 18.4 Å². The standard InChI is InChI=1S/C18H17BrN2O4/c1-25-12-6-11(16(22)13(19)7-12)8-20-21-17(23)14-9-2-3-10(5-4-9)15(14)18(21)24/h2-3,6-10,14-15,22H,4-5H2,1H3/b20-8-/t9-,10-,14-,15+/m0/s1. The van der Waals surface area contributed by atoms with Crippen molar-refractivity contribution in [2.45, 2.75) is 12.8 Å². The second kappa shape index (κ2) is 5.98. The molecule has 0 unspecified atom stereocenters. The fourth-order valence-electron chi connectivity index (χ4n) is 4.10. The van der Waals surface area contributed by atoms with Gasteiger partial charge in [0.2, 0.25) is 0 Å². The van der Waals surface area contributed by atoms with Crippen molar-refractivity contribution in [2.75, 3.05) is 7.11 Å². The Morgan fingerprint density at radius 2 is 1.80 bits per heavy atom. The highest BCUT2D eigenvalue weighted by atomic mass is 79.9. The Kier molecular flexibility index (Phi) is 3.91. The molecular formula is C18H17BrN2O4. The molecule has 2 amide bonds. The van der Waals surface area contributed by atoms with Crippen molar-refractivity contribution >= 4 is 34.0 Å². The predicted molar refractivity (Wildman–Crippen MR) is 94.1 cm³/mol. The minimum absolute atomic E-state index is 0.0252. The molecule has 2 bridgehead atoms. The first kappa shape index (κ1) is 16.3. The highest BCUT2D eigenvalue weighted by molar-refractivity contribution is 9.10. The maximum Gasteiger partial charge on any atom is 0.254 e. The van der Waals surface area contributed by atoms with Gasteiger partial charge in [0.05, 0.1) is 29.6 Å². The Bertz CT molecular complexity index is 788. The molecule has 1 N–H and O–H groups in total. The van der Waals surface area contributed by atoms with Crippen molar-refractivity contribution in [2.24, 2.45) is 28.8 Å². The largest absolute Gasteiger partial charge is 0.506 e. The minimum atomic E-state index is -0.293. The average Bonchev–Trinajstić information content (AvgIpc) is 2.90. The topological polar surface area (TPSA) is 79.2 Å². The number of phenolic OH excluding ortho intramolecular Hbond substituents is 1. The van der Waals surface area contributed by atoms with Gasteiger partial charge in [0, 0.05) is 5.56 Å². The second-order valence-electron chi connectivity index (χ2n) is 6.62. The SMILES string of the molecule is COc1cc(Br)c(O)c(/C=N\N2C(=O)[C@@H]3[C@H](C2=O)[C@H]2C=C[C@H]3CC2)c1. The second-order valence-corrected chi connectivity index (χ2v) is 7.48. The molecule has 6 nitrogen and oxygen atoms in total. The molecule has 1 aliphatic heterocycles. The maximum absolute atomic E-state index is 12.7. The van der Waals surface area contributed by atoms with Gasteiger partial charge >= 0.3 is 0 Å². The van der Waals surface area contributed by atoms with E-state index in [1.807, 2.05) is 0 Å². The molecule has 0 spiro atoms. The lowest BCUT2D eigenvalue weighted by molar-refractivity contribution is -0.140. The van der Waals surface area contributed by atoms with E-state index in [0.29, 0.717) is 15.8 Å². The van der Waals surface area contributed by atoms with Gasteiger partial charge in [-0.25, -0.2) is 0 Å². The molecule has 5 rings (SSSR count). The number of benzene rings is 1. The van der Waals surface area contributed by atoms with Gasteiger partial charge in [0.1, 0.15) is 11.5 Å². The van der Waals surface area contributed by atoms with E-state index in [2.05, 4.69) is 33.2 Å². The zero-order valence-electron chi connectivity index (χ0n) is 13.6. The summed E-state index contributed by atoms with van der Waals surface area (Å²) in [4.78, 5) is 25.4. The van der Waals surface area contributed by atoms with Gasteiger partial charge in [0.25, 0.3) is 11.8 Å². The van der Waals surface area contributed by atoms with Crippen LogP contribution in [-0.4, -0.2) is 35.3 Å². The fraction of sp³-hybridized carbons (Fsp3) is 0.389. The summed E-state index contributed by atoms with van der Waals surface area (Å²) in [5, 5.41) is 15.2. The predicted octanol–water partition coefficient (Wildman–Crippen LogP) is 2.69. The van der Waals surface area contributed by atoms with E-state index < -0.39 is 0 Å². The summed E-state index contributed by atoms with van der Waals surface area (Å²) in [6, 6.07) is 3.21. The molecule has 1 heterocycles. The molecule has 1 aromatic carbocycles. The Balaban J connectivity index is 1.64. The number of amides is 2. The molecule has 7 heteroatoms. The van der Waals surface area contributed by atoms with Gasteiger partial charge in [0.15, 0.2) is 0 Å². The van der Waals surface area contributed by atoms with Gasteiger partial charge in [-0.05, 0) is 52.7 Å². The molecule has 1 aromatic rings. The van der Waals surface area contributed by atoms with Crippen LogP contribution in [0.2, 0.25) is 0 Å². The molecule has 25 heavy (non-hydrogen) atoms. The van der Waals surface area contributed by atoms with Crippen LogP contribution in [0.5, 0.6) is 11.5 Å². The van der Waals surface area contributed by atoms with E-state index in [-0.39, 0.29) is 41.2 Å². The molecule has 130 valence electrons. The third-order valence-electron chi connectivity index (χ3n) is 5.35. The maximum atomic E-state index is 12.7. The number of fused-ring (bicyclic) bond motifs is 1. The number of halogens is 1. The number of hydrogen-bond donors (Lipinski definition) is 1. The number of rotatable bonds is 3. The number of allylic oxidation sites excluding steroid dienone is 2. The molecule has 0 aromatic heterocycles.